The van der Waals surface area contributed by atoms with Crippen molar-refractivity contribution >= 4 is 0 Å². The lowest BCUT2D eigenvalue weighted by atomic mass is 10.0. The number of nitrogens with zero attached hydrogens (tertiary/aromatic N) is 2. The van der Waals surface area contributed by atoms with Crippen LogP contribution in [0.2, 0.25) is 0 Å². The summed E-state index contributed by atoms with van der Waals surface area (Å²) >= 11 is 0. The zero-order valence-corrected chi connectivity index (χ0v) is 10.2. The van der Waals surface area contributed by atoms with Crippen molar-refractivity contribution in [2.24, 2.45) is 5.73 Å². The fourth-order valence-electron chi connectivity index (χ4n) is 2.02. The van der Waals surface area contributed by atoms with Gasteiger partial charge in [0.05, 0.1) is 0 Å². The van der Waals surface area contributed by atoms with Crippen LogP contribution in [0.1, 0.15) is 48.5 Å². The molecule has 1 saturated carbocycles. The third-order valence-corrected chi connectivity index (χ3v) is 3.32. The fraction of sp³-hybridized carbons (Fsp3) is 0.429. The minimum Gasteiger partial charge on any atom is -0.339 e. The molecule has 0 aliphatic heterocycles. The van der Waals surface area contributed by atoms with E-state index < -0.39 is 0 Å². The number of aromatic nitrogens is 2. The van der Waals surface area contributed by atoms with Crippen molar-refractivity contribution in [2.75, 3.05) is 0 Å². The molecule has 1 fully saturated rings. The van der Waals surface area contributed by atoms with Crippen LogP contribution in [0.3, 0.4) is 0 Å². The smallest absolute Gasteiger partial charge is 0.226 e. The van der Waals surface area contributed by atoms with Crippen LogP contribution in [0.15, 0.2) is 34.9 Å². The molecule has 4 nitrogen and oxygen atoms in total. The minimum atomic E-state index is 0.0301. The van der Waals surface area contributed by atoms with E-state index in [-0.39, 0.29) is 6.04 Å². The van der Waals surface area contributed by atoms with E-state index in [4.69, 9.17) is 10.3 Å². The van der Waals surface area contributed by atoms with Gasteiger partial charge in [0.15, 0.2) is 5.82 Å². The number of hydrogen-bond acceptors (Lipinski definition) is 4. The van der Waals surface area contributed by atoms with Gasteiger partial charge in [-0.3, -0.25) is 0 Å². The average Bonchev–Trinajstić information content (AvgIpc) is 3.16. The number of nitrogens with two attached hydrogens (primary N) is 1. The quantitative estimate of drug-likeness (QED) is 0.876. The minimum absolute atomic E-state index is 0.0301. The van der Waals surface area contributed by atoms with E-state index in [1.54, 1.807) is 0 Å². The van der Waals surface area contributed by atoms with Crippen molar-refractivity contribution in [2.45, 2.75) is 37.6 Å². The van der Waals surface area contributed by atoms with Crippen LogP contribution in [-0.2, 0) is 6.42 Å². The van der Waals surface area contributed by atoms with Crippen molar-refractivity contribution in [3.63, 3.8) is 0 Å². The lowest BCUT2D eigenvalue weighted by Crippen LogP contribution is -2.11. The van der Waals surface area contributed by atoms with E-state index in [1.165, 1.54) is 12.8 Å². The molecule has 1 aromatic carbocycles. The molecule has 2 aromatic rings. The summed E-state index contributed by atoms with van der Waals surface area (Å²) in [6.45, 7) is 0. The Hall–Kier alpha value is -1.68. The molecule has 0 saturated heterocycles. The summed E-state index contributed by atoms with van der Waals surface area (Å²) in [5.41, 5.74) is 7.28. The van der Waals surface area contributed by atoms with Gasteiger partial charge < -0.3 is 10.3 Å². The second-order valence-corrected chi connectivity index (χ2v) is 4.88. The third kappa shape index (κ3) is 2.59. The van der Waals surface area contributed by atoms with Gasteiger partial charge in [-0.2, -0.15) is 4.98 Å². The molecule has 1 heterocycles. The van der Waals surface area contributed by atoms with Gasteiger partial charge in [0, 0.05) is 18.4 Å². The number of rotatable bonds is 5. The van der Waals surface area contributed by atoms with Crippen LogP contribution in [0, 0.1) is 0 Å². The molecule has 3 rings (SSSR count). The van der Waals surface area contributed by atoms with Gasteiger partial charge in [0.2, 0.25) is 5.89 Å². The van der Waals surface area contributed by atoms with Crippen LogP contribution in [-0.4, -0.2) is 10.1 Å². The standard InChI is InChI=1S/C14H17N3O/c15-12(10-4-2-1-3-5-10)8-9-13-16-14(17-18-13)11-6-7-11/h1-5,11-12H,6-9,15H2. The molecule has 1 aromatic heterocycles. The first-order valence-corrected chi connectivity index (χ1v) is 6.46. The predicted molar refractivity (Wildman–Crippen MR) is 68.0 cm³/mol. The van der Waals surface area contributed by atoms with Crippen molar-refractivity contribution in [1.29, 1.82) is 0 Å². The Morgan fingerprint density at radius 3 is 2.78 bits per heavy atom. The largest absolute Gasteiger partial charge is 0.339 e. The summed E-state index contributed by atoms with van der Waals surface area (Å²) in [7, 11) is 0. The van der Waals surface area contributed by atoms with E-state index in [2.05, 4.69) is 10.1 Å². The summed E-state index contributed by atoms with van der Waals surface area (Å²) in [6.07, 6.45) is 3.97. The number of aryl methyl sites for hydroxylation is 1. The Kier molecular flexibility index (Phi) is 3.11. The SMILES string of the molecule is NC(CCc1nc(C2CC2)no1)c1ccccc1. The van der Waals surface area contributed by atoms with Gasteiger partial charge in [0.1, 0.15) is 0 Å². The number of benzene rings is 1. The van der Waals surface area contributed by atoms with Crippen molar-refractivity contribution < 1.29 is 4.52 Å². The Labute approximate surface area is 106 Å². The van der Waals surface area contributed by atoms with Gasteiger partial charge in [-0.1, -0.05) is 35.5 Å². The molecular weight excluding hydrogens is 226 g/mol. The molecule has 2 N–H and O–H groups in total. The van der Waals surface area contributed by atoms with Gasteiger partial charge in [-0.25, -0.2) is 0 Å². The van der Waals surface area contributed by atoms with Gasteiger partial charge in [-0.05, 0) is 24.8 Å². The first-order valence-electron chi connectivity index (χ1n) is 6.46. The third-order valence-electron chi connectivity index (χ3n) is 3.32. The summed E-state index contributed by atoms with van der Waals surface area (Å²) in [4.78, 5) is 4.40. The summed E-state index contributed by atoms with van der Waals surface area (Å²) < 4.78 is 5.24. The zero-order valence-electron chi connectivity index (χ0n) is 10.2. The highest BCUT2D eigenvalue weighted by Crippen LogP contribution is 2.38. The highest BCUT2D eigenvalue weighted by atomic mass is 16.5. The molecule has 18 heavy (non-hydrogen) atoms. The molecule has 1 aliphatic rings. The van der Waals surface area contributed by atoms with Crippen molar-refractivity contribution in [3.05, 3.63) is 47.6 Å². The van der Waals surface area contributed by atoms with Crippen LogP contribution in [0.4, 0.5) is 0 Å². The number of hydrogen-bond donors (Lipinski definition) is 1. The van der Waals surface area contributed by atoms with Crippen LogP contribution < -0.4 is 5.73 Å². The predicted octanol–water partition coefficient (Wildman–Crippen LogP) is 2.58. The molecule has 0 amide bonds. The lowest BCUT2D eigenvalue weighted by Gasteiger charge is -2.09. The molecule has 94 valence electrons. The fourth-order valence-corrected chi connectivity index (χ4v) is 2.02. The second-order valence-electron chi connectivity index (χ2n) is 4.88. The van der Waals surface area contributed by atoms with E-state index >= 15 is 0 Å². The van der Waals surface area contributed by atoms with Crippen LogP contribution >= 0.6 is 0 Å². The van der Waals surface area contributed by atoms with E-state index in [0.717, 1.165) is 24.2 Å². The van der Waals surface area contributed by atoms with Gasteiger partial charge in [-0.15, -0.1) is 0 Å². The summed E-state index contributed by atoms with van der Waals surface area (Å²) in [6, 6.07) is 10.1. The Morgan fingerprint density at radius 1 is 1.28 bits per heavy atom. The van der Waals surface area contributed by atoms with E-state index in [0.29, 0.717) is 11.8 Å². The van der Waals surface area contributed by atoms with E-state index in [1.807, 2.05) is 30.3 Å². The van der Waals surface area contributed by atoms with E-state index in [9.17, 15) is 0 Å². The van der Waals surface area contributed by atoms with Crippen molar-refractivity contribution in [1.82, 2.24) is 10.1 Å². The maximum absolute atomic E-state index is 6.13. The second kappa shape index (κ2) is 4.90. The summed E-state index contributed by atoms with van der Waals surface area (Å²) in [5.74, 6) is 2.13. The Balaban J connectivity index is 1.56. The molecule has 4 heteroatoms. The topological polar surface area (TPSA) is 64.9 Å². The van der Waals surface area contributed by atoms with Gasteiger partial charge in [0.25, 0.3) is 0 Å². The first kappa shape index (κ1) is 11.4. The summed E-state index contributed by atoms with van der Waals surface area (Å²) in [5, 5.41) is 4.00. The molecular formula is C14H17N3O. The zero-order chi connectivity index (χ0) is 12.4. The highest BCUT2D eigenvalue weighted by molar-refractivity contribution is 5.18. The maximum Gasteiger partial charge on any atom is 0.226 e. The molecule has 0 spiro atoms. The Morgan fingerprint density at radius 2 is 2.06 bits per heavy atom. The van der Waals surface area contributed by atoms with Crippen LogP contribution in [0.5, 0.6) is 0 Å². The molecule has 1 atom stereocenters. The maximum atomic E-state index is 6.13. The first-order chi connectivity index (χ1) is 8.83. The molecule has 0 radical (unpaired) electrons. The highest BCUT2D eigenvalue weighted by Gasteiger charge is 2.28. The monoisotopic (exact) mass is 243 g/mol. The average molecular weight is 243 g/mol. The van der Waals surface area contributed by atoms with Crippen LogP contribution in [0.25, 0.3) is 0 Å². The van der Waals surface area contributed by atoms with Gasteiger partial charge >= 0.3 is 0 Å². The molecule has 1 aliphatic carbocycles. The lowest BCUT2D eigenvalue weighted by molar-refractivity contribution is 0.366. The van der Waals surface area contributed by atoms with Crippen molar-refractivity contribution in [3.8, 4) is 0 Å². The molecule has 1 unspecified atom stereocenters. The Bertz CT molecular complexity index is 505. The normalized spacial score (nSPS) is 16.7. The molecule has 0 bridgehead atoms.